The molecule has 8 nitrogen and oxygen atoms in total. The van der Waals surface area contributed by atoms with Crippen molar-refractivity contribution < 1.29 is 23.0 Å². The van der Waals surface area contributed by atoms with Crippen LogP contribution in [0.3, 0.4) is 0 Å². The molecule has 0 radical (unpaired) electrons. The number of benzene rings is 4. The average molecular weight is 696 g/mol. The molecule has 50 heavy (non-hydrogen) atoms. The van der Waals surface area contributed by atoms with E-state index >= 15 is 0 Å². The number of likely N-dealkylation sites (tertiary alicyclic amines) is 2. The van der Waals surface area contributed by atoms with Crippen LogP contribution in [0.1, 0.15) is 67.3 Å². The molecule has 3 heterocycles. The molecule has 9 heteroatoms. The Bertz CT molecular complexity index is 1810. The van der Waals surface area contributed by atoms with Crippen molar-refractivity contribution in [1.29, 1.82) is 0 Å². The topological polar surface area (TPSA) is 91.3 Å². The van der Waals surface area contributed by atoms with Gasteiger partial charge in [-0.15, -0.1) is 0 Å². The van der Waals surface area contributed by atoms with Gasteiger partial charge in [0.1, 0.15) is 0 Å². The first-order valence-electron chi connectivity index (χ1n) is 18.1. The Hall–Kier alpha value is -3.41. The van der Waals surface area contributed by atoms with Crippen LogP contribution in [0.15, 0.2) is 108 Å². The summed E-state index contributed by atoms with van der Waals surface area (Å²) in [6.45, 7) is 7.97. The number of hydrogen-bond acceptors (Lipinski definition) is 7. The van der Waals surface area contributed by atoms with Gasteiger partial charge in [0, 0.05) is 37.2 Å². The highest BCUT2D eigenvalue weighted by atomic mass is 32.2. The van der Waals surface area contributed by atoms with Gasteiger partial charge in [-0.25, -0.2) is 13.1 Å². The first kappa shape index (κ1) is 35.0. The minimum absolute atomic E-state index is 0.00990. The zero-order chi connectivity index (χ0) is 34.5. The summed E-state index contributed by atoms with van der Waals surface area (Å²) in [7, 11) is -3.62. The maximum Gasteiger partial charge on any atom is 0.240 e. The summed E-state index contributed by atoms with van der Waals surface area (Å²) in [4.78, 5) is 5.53. The first-order valence-corrected chi connectivity index (χ1v) is 19.6. The van der Waals surface area contributed by atoms with Gasteiger partial charge in [0.05, 0.1) is 23.7 Å². The molecule has 4 aromatic rings. The van der Waals surface area contributed by atoms with Crippen molar-refractivity contribution >= 4 is 10.0 Å². The van der Waals surface area contributed by atoms with Crippen LogP contribution in [0.4, 0.5) is 0 Å². The third kappa shape index (κ3) is 8.21. The lowest BCUT2D eigenvalue weighted by molar-refractivity contribution is -0.276. The van der Waals surface area contributed by atoms with Crippen molar-refractivity contribution in [3.63, 3.8) is 0 Å². The molecular formula is C41H49N3O5S. The van der Waals surface area contributed by atoms with Crippen molar-refractivity contribution in [2.24, 2.45) is 5.92 Å². The number of rotatable bonds is 12. The van der Waals surface area contributed by atoms with Crippen LogP contribution in [0, 0.1) is 5.92 Å². The van der Waals surface area contributed by atoms with Gasteiger partial charge in [-0.2, -0.15) is 0 Å². The number of sulfonamides is 1. The summed E-state index contributed by atoms with van der Waals surface area (Å²) >= 11 is 0. The zero-order valence-electron chi connectivity index (χ0n) is 28.9. The van der Waals surface area contributed by atoms with Crippen LogP contribution < -0.4 is 4.72 Å². The number of ether oxygens (including phenoxy) is 2. The third-order valence-corrected chi connectivity index (χ3v) is 12.1. The maximum atomic E-state index is 12.8. The number of nitrogens with one attached hydrogen (secondary N) is 1. The Morgan fingerprint density at radius 3 is 2.26 bits per heavy atom. The van der Waals surface area contributed by atoms with E-state index in [-0.39, 0.29) is 36.2 Å². The Labute approximate surface area is 297 Å². The molecule has 0 spiro atoms. The number of aliphatic hydroxyl groups excluding tert-OH is 1. The second-order valence-electron chi connectivity index (χ2n) is 14.1. The lowest BCUT2D eigenvalue weighted by Crippen LogP contribution is -2.48. The maximum absolute atomic E-state index is 12.8. The van der Waals surface area contributed by atoms with Crippen LogP contribution in [0.5, 0.6) is 0 Å². The molecule has 3 aliphatic rings. The van der Waals surface area contributed by atoms with Crippen LogP contribution >= 0.6 is 0 Å². The second kappa shape index (κ2) is 15.9. The van der Waals surface area contributed by atoms with Gasteiger partial charge in [0.25, 0.3) is 0 Å². The predicted octanol–water partition coefficient (Wildman–Crippen LogP) is 6.68. The highest BCUT2D eigenvalue weighted by Gasteiger charge is 2.41. The van der Waals surface area contributed by atoms with Gasteiger partial charge in [0.2, 0.25) is 10.0 Å². The second-order valence-corrected chi connectivity index (χ2v) is 15.9. The molecule has 7 rings (SSSR count). The van der Waals surface area contributed by atoms with Gasteiger partial charge in [0.15, 0.2) is 6.29 Å². The summed E-state index contributed by atoms with van der Waals surface area (Å²) in [6, 6.07) is 33.4. The number of aliphatic hydroxyl groups is 1. The SMILES string of the molecule is C[C@H]1[C@@H](CN2CCC[C@H]2CN2CCCC2)O[C@@H](c2cccc(-c3cccc(CNS(=O)(=O)c4ccccc4)c3)c2)O[C@H]1c1ccc(CO)cc1. The van der Waals surface area contributed by atoms with Gasteiger partial charge in [-0.1, -0.05) is 85.8 Å². The lowest BCUT2D eigenvalue weighted by Gasteiger charge is -2.43. The quantitative estimate of drug-likeness (QED) is 0.171. The van der Waals surface area contributed by atoms with Crippen molar-refractivity contribution in [2.75, 3.05) is 32.7 Å². The molecule has 0 bridgehead atoms. The van der Waals surface area contributed by atoms with Crippen molar-refractivity contribution in [2.45, 2.75) is 75.2 Å². The van der Waals surface area contributed by atoms with Crippen LogP contribution in [0.25, 0.3) is 11.1 Å². The Morgan fingerprint density at radius 2 is 1.50 bits per heavy atom. The third-order valence-electron chi connectivity index (χ3n) is 10.6. The largest absolute Gasteiger partial charge is 0.392 e. The fourth-order valence-electron chi connectivity index (χ4n) is 7.75. The van der Waals surface area contributed by atoms with E-state index in [1.54, 1.807) is 30.3 Å². The molecule has 3 aliphatic heterocycles. The fraction of sp³-hybridized carbons (Fsp3) is 0.415. The zero-order valence-corrected chi connectivity index (χ0v) is 29.7. The standard InChI is InChI=1S/C41H49N3O5S/c1-30-39(28-44-23-9-14-37(44)27-43-21-5-6-22-43)48-41(49-40(30)33-19-17-31(29-45)18-20-33)36-13-8-12-35(25-36)34-11-7-10-32(24-34)26-42-50(46,47)38-15-3-2-4-16-38/h2-4,7-8,10-13,15-20,24-25,30,37,39-42,45H,5-6,9,14,21-23,26-29H2,1H3/t30-,37-,39+,40+,41+/m0/s1. The van der Waals surface area contributed by atoms with E-state index < -0.39 is 16.3 Å². The molecule has 264 valence electrons. The number of hydrogen-bond donors (Lipinski definition) is 2. The number of nitrogens with zero attached hydrogens (tertiary/aromatic N) is 2. The minimum atomic E-state index is -3.62. The van der Waals surface area contributed by atoms with Gasteiger partial charge >= 0.3 is 0 Å². The molecule has 0 saturated carbocycles. The summed E-state index contributed by atoms with van der Waals surface area (Å²) in [5.41, 5.74) is 5.78. The van der Waals surface area contributed by atoms with Crippen LogP contribution in [0.2, 0.25) is 0 Å². The molecule has 4 aromatic carbocycles. The summed E-state index contributed by atoms with van der Waals surface area (Å²) < 4.78 is 42.1. The van der Waals surface area contributed by atoms with Crippen molar-refractivity contribution in [1.82, 2.24) is 14.5 Å². The molecule has 0 unspecified atom stereocenters. The van der Waals surface area contributed by atoms with Gasteiger partial charge < -0.3 is 19.5 Å². The molecule has 0 amide bonds. The van der Waals surface area contributed by atoms with Gasteiger partial charge in [-0.3, -0.25) is 4.90 Å². The van der Waals surface area contributed by atoms with E-state index in [2.05, 4.69) is 51.8 Å². The fourth-order valence-corrected chi connectivity index (χ4v) is 8.79. The van der Waals surface area contributed by atoms with Crippen LogP contribution in [-0.2, 0) is 32.6 Å². The molecule has 5 atom stereocenters. The average Bonchev–Trinajstić information content (AvgIpc) is 3.84. The molecule has 0 aromatic heterocycles. The minimum Gasteiger partial charge on any atom is -0.392 e. The van der Waals surface area contributed by atoms with Gasteiger partial charge in [-0.05, 0) is 97.4 Å². The van der Waals surface area contributed by atoms with E-state index in [1.165, 1.54) is 38.8 Å². The molecule has 0 aliphatic carbocycles. The lowest BCUT2D eigenvalue weighted by atomic mass is 9.89. The van der Waals surface area contributed by atoms with Crippen LogP contribution in [-0.4, -0.2) is 68.2 Å². The summed E-state index contributed by atoms with van der Waals surface area (Å²) in [6.07, 6.45) is 4.32. The van der Waals surface area contributed by atoms with E-state index in [4.69, 9.17) is 9.47 Å². The molecule has 3 fully saturated rings. The van der Waals surface area contributed by atoms with Crippen molar-refractivity contribution in [3.05, 3.63) is 125 Å². The smallest absolute Gasteiger partial charge is 0.240 e. The first-order chi connectivity index (χ1) is 24.4. The summed E-state index contributed by atoms with van der Waals surface area (Å²) in [5, 5.41) is 9.67. The highest BCUT2D eigenvalue weighted by Crippen LogP contribution is 2.43. The summed E-state index contributed by atoms with van der Waals surface area (Å²) in [5.74, 6) is 0.124. The normalized spacial score (nSPS) is 24.9. The highest BCUT2D eigenvalue weighted by molar-refractivity contribution is 7.89. The molecule has 3 saturated heterocycles. The van der Waals surface area contributed by atoms with Crippen molar-refractivity contribution in [3.8, 4) is 11.1 Å². The molecule has 2 N–H and O–H groups in total. The van der Waals surface area contributed by atoms with E-state index in [0.29, 0.717) is 6.04 Å². The van der Waals surface area contributed by atoms with E-state index in [9.17, 15) is 13.5 Å². The monoisotopic (exact) mass is 695 g/mol. The van der Waals surface area contributed by atoms with E-state index in [1.807, 2.05) is 42.5 Å². The Morgan fingerprint density at radius 1 is 0.760 bits per heavy atom. The predicted molar refractivity (Wildman–Crippen MR) is 196 cm³/mol. The Balaban J connectivity index is 1.11. The van der Waals surface area contributed by atoms with E-state index in [0.717, 1.165) is 53.0 Å². The Kier molecular flexibility index (Phi) is 11.1. The molecular weight excluding hydrogens is 647 g/mol.